The fraction of sp³-hybridized carbons (Fsp3) is 0.524. The van der Waals surface area contributed by atoms with Gasteiger partial charge in [0.1, 0.15) is 6.33 Å². The van der Waals surface area contributed by atoms with Crippen molar-refractivity contribution in [1.29, 1.82) is 0 Å². The molecule has 0 radical (unpaired) electrons. The van der Waals surface area contributed by atoms with Crippen molar-refractivity contribution in [3.05, 3.63) is 42.7 Å². The Balaban J connectivity index is 1.42. The highest BCUT2D eigenvalue weighted by molar-refractivity contribution is 5.79. The Morgan fingerprint density at radius 3 is 2.52 bits per heavy atom. The van der Waals surface area contributed by atoms with Gasteiger partial charge in [0.2, 0.25) is 5.91 Å². The second-order valence-electron chi connectivity index (χ2n) is 7.80. The predicted molar refractivity (Wildman–Crippen MR) is 104 cm³/mol. The van der Waals surface area contributed by atoms with E-state index in [-0.39, 0.29) is 11.9 Å². The molecule has 1 amide bonds. The molecule has 2 aromatic heterocycles. The summed E-state index contributed by atoms with van der Waals surface area (Å²) in [5.74, 6) is 1.03. The van der Waals surface area contributed by atoms with Crippen molar-refractivity contribution in [2.24, 2.45) is 5.92 Å². The van der Waals surface area contributed by atoms with Gasteiger partial charge in [-0.15, -0.1) is 0 Å². The molecule has 2 saturated heterocycles. The van der Waals surface area contributed by atoms with Gasteiger partial charge < -0.3 is 4.90 Å². The Bertz CT molecular complexity index is 756. The lowest BCUT2D eigenvalue weighted by atomic mass is 9.99. The number of carbonyl (C=O) groups is 1. The summed E-state index contributed by atoms with van der Waals surface area (Å²) in [6.45, 7) is 5.76. The van der Waals surface area contributed by atoms with Crippen LogP contribution in [0.2, 0.25) is 0 Å². The van der Waals surface area contributed by atoms with Crippen LogP contribution in [0.25, 0.3) is 11.1 Å². The quantitative estimate of drug-likeness (QED) is 0.834. The molecule has 4 heterocycles. The summed E-state index contributed by atoms with van der Waals surface area (Å²) in [5.41, 5.74) is 2.93. The standard InChI is InChI=1S/C21H27N5O/c1-16-6-9-25(10-7-16)14-21(27)26-8-2-3-20(26)19-5-4-17(13-24-19)18-11-22-15-23-12-18/h4-5,11-13,15-16,20H,2-3,6-10,14H2,1H3. The monoisotopic (exact) mass is 365 g/mol. The first-order chi connectivity index (χ1) is 13.2. The van der Waals surface area contributed by atoms with Crippen LogP contribution in [0.15, 0.2) is 37.1 Å². The summed E-state index contributed by atoms with van der Waals surface area (Å²) >= 11 is 0. The molecule has 6 nitrogen and oxygen atoms in total. The molecule has 0 spiro atoms. The molecule has 27 heavy (non-hydrogen) atoms. The minimum absolute atomic E-state index is 0.0993. The van der Waals surface area contributed by atoms with Crippen LogP contribution in [0.4, 0.5) is 0 Å². The number of hydrogen-bond acceptors (Lipinski definition) is 5. The van der Waals surface area contributed by atoms with Gasteiger partial charge in [0.25, 0.3) is 0 Å². The van der Waals surface area contributed by atoms with Crippen molar-refractivity contribution in [3.8, 4) is 11.1 Å². The van der Waals surface area contributed by atoms with Crippen molar-refractivity contribution in [1.82, 2.24) is 24.8 Å². The average molecular weight is 365 g/mol. The third kappa shape index (κ3) is 4.16. The third-order valence-electron chi connectivity index (χ3n) is 5.83. The summed E-state index contributed by atoms with van der Waals surface area (Å²) in [4.78, 5) is 30.0. The van der Waals surface area contributed by atoms with Crippen molar-refractivity contribution in [3.63, 3.8) is 0 Å². The van der Waals surface area contributed by atoms with Gasteiger partial charge in [0, 0.05) is 36.3 Å². The minimum Gasteiger partial charge on any atom is -0.333 e. The molecule has 1 unspecified atom stereocenters. The molecule has 4 rings (SSSR count). The first kappa shape index (κ1) is 18.0. The largest absolute Gasteiger partial charge is 0.333 e. The Kier molecular flexibility index (Phi) is 5.43. The number of carbonyl (C=O) groups excluding carboxylic acids is 1. The lowest BCUT2D eigenvalue weighted by Gasteiger charge is -2.32. The predicted octanol–water partition coefficient (Wildman–Crippen LogP) is 2.93. The van der Waals surface area contributed by atoms with Gasteiger partial charge in [-0.2, -0.15) is 0 Å². The van der Waals surface area contributed by atoms with E-state index in [1.807, 2.05) is 23.2 Å². The zero-order valence-corrected chi connectivity index (χ0v) is 15.9. The average Bonchev–Trinajstić information content (AvgIpc) is 3.21. The molecule has 2 aliphatic heterocycles. The van der Waals surface area contributed by atoms with Crippen LogP contribution in [0.1, 0.15) is 44.3 Å². The van der Waals surface area contributed by atoms with Crippen LogP contribution in [0.3, 0.4) is 0 Å². The topological polar surface area (TPSA) is 62.2 Å². The molecule has 0 aromatic carbocycles. The fourth-order valence-corrected chi connectivity index (χ4v) is 4.10. The lowest BCUT2D eigenvalue weighted by molar-refractivity contribution is -0.133. The maximum Gasteiger partial charge on any atom is 0.237 e. The molecule has 2 aromatic rings. The first-order valence-corrected chi connectivity index (χ1v) is 9.94. The second-order valence-corrected chi connectivity index (χ2v) is 7.80. The maximum atomic E-state index is 12.9. The van der Waals surface area contributed by atoms with Crippen molar-refractivity contribution in [2.75, 3.05) is 26.2 Å². The molecular weight excluding hydrogens is 338 g/mol. The third-order valence-corrected chi connectivity index (χ3v) is 5.83. The van der Waals surface area contributed by atoms with Crippen molar-refractivity contribution in [2.45, 2.75) is 38.6 Å². The molecular formula is C21H27N5O. The second kappa shape index (κ2) is 8.13. The van der Waals surface area contributed by atoms with Crippen molar-refractivity contribution >= 4 is 5.91 Å². The maximum absolute atomic E-state index is 12.9. The summed E-state index contributed by atoms with van der Waals surface area (Å²) in [6.07, 6.45) is 11.4. The van der Waals surface area contributed by atoms with E-state index in [1.165, 1.54) is 19.2 Å². The van der Waals surface area contributed by atoms with E-state index in [1.54, 1.807) is 12.4 Å². The van der Waals surface area contributed by atoms with Gasteiger partial charge in [0.05, 0.1) is 18.3 Å². The molecule has 0 aliphatic carbocycles. The summed E-state index contributed by atoms with van der Waals surface area (Å²) < 4.78 is 0. The van der Waals surface area contributed by atoms with Crippen LogP contribution in [0, 0.1) is 5.92 Å². The van der Waals surface area contributed by atoms with E-state index in [4.69, 9.17) is 0 Å². The lowest BCUT2D eigenvalue weighted by Crippen LogP contribution is -2.43. The van der Waals surface area contributed by atoms with E-state index < -0.39 is 0 Å². The van der Waals surface area contributed by atoms with Crippen LogP contribution >= 0.6 is 0 Å². The van der Waals surface area contributed by atoms with Crippen LogP contribution < -0.4 is 0 Å². The number of rotatable bonds is 4. The zero-order valence-electron chi connectivity index (χ0n) is 15.9. The molecule has 0 N–H and O–H groups in total. The highest BCUT2D eigenvalue weighted by Crippen LogP contribution is 2.32. The number of amides is 1. The molecule has 2 aliphatic rings. The van der Waals surface area contributed by atoms with Gasteiger partial charge in [-0.3, -0.25) is 14.7 Å². The number of nitrogens with zero attached hydrogens (tertiary/aromatic N) is 5. The summed E-state index contributed by atoms with van der Waals surface area (Å²) in [6, 6.07) is 4.19. The SMILES string of the molecule is CC1CCN(CC(=O)N2CCCC2c2ccc(-c3cncnc3)cn2)CC1. The van der Waals surface area contributed by atoms with E-state index in [2.05, 4.69) is 26.8 Å². The smallest absolute Gasteiger partial charge is 0.237 e. The van der Waals surface area contributed by atoms with Gasteiger partial charge in [-0.05, 0) is 50.8 Å². The van der Waals surface area contributed by atoms with Crippen LogP contribution in [-0.4, -0.2) is 56.8 Å². The number of pyridine rings is 1. The molecule has 1 atom stereocenters. The number of likely N-dealkylation sites (tertiary alicyclic amines) is 2. The fourth-order valence-electron chi connectivity index (χ4n) is 4.10. The van der Waals surface area contributed by atoms with Crippen LogP contribution in [0.5, 0.6) is 0 Å². The Morgan fingerprint density at radius 2 is 1.81 bits per heavy atom. The van der Waals surface area contributed by atoms with E-state index in [0.717, 1.165) is 55.2 Å². The first-order valence-electron chi connectivity index (χ1n) is 9.94. The van der Waals surface area contributed by atoms with E-state index in [9.17, 15) is 4.79 Å². The normalized spacial score (nSPS) is 21.5. The van der Waals surface area contributed by atoms with Gasteiger partial charge in [-0.25, -0.2) is 9.97 Å². The zero-order chi connectivity index (χ0) is 18.6. The summed E-state index contributed by atoms with van der Waals surface area (Å²) in [5, 5.41) is 0. The van der Waals surface area contributed by atoms with E-state index in [0.29, 0.717) is 6.54 Å². The number of aromatic nitrogens is 3. The highest BCUT2D eigenvalue weighted by atomic mass is 16.2. The van der Waals surface area contributed by atoms with Gasteiger partial charge in [0.15, 0.2) is 0 Å². The molecule has 142 valence electrons. The van der Waals surface area contributed by atoms with Crippen LogP contribution in [-0.2, 0) is 4.79 Å². The Labute approximate surface area is 160 Å². The molecule has 0 saturated carbocycles. The minimum atomic E-state index is 0.0993. The summed E-state index contributed by atoms with van der Waals surface area (Å²) in [7, 11) is 0. The van der Waals surface area contributed by atoms with Crippen molar-refractivity contribution < 1.29 is 4.79 Å². The Hall–Kier alpha value is -2.34. The van der Waals surface area contributed by atoms with Gasteiger partial charge >= 0.3 is 0 Å². The van der Waals surface area contributed by atoms with Gasteiger partial charge in [-0.1, -0.05) is 13.0 Å². The van der Waals surface area contributed by atoms with E-state index >= 15 is 0 Å². The Morgan fingerprint density at radius 1 is 1.04 bits per heavy atom. The molecule has 0 bridgehead atoms. The number of piperidine rings is 1. The molecule has 2 fully saturated rings. The number of hydrogen-bond donors (Lipinski definition) is 0. The highest BCUT2D eigenvalue weighted by Gasteiger charge is 2.32. The molecule has 6 heteroatoms.